The van der Waals surface area contributed by atoms with Crippen molar-refractivity contribution in [3.8, 4) is 5.75 Å². The van der Waals surface area contributed by atoms with E-state index in [4.69, 9.17) is 4.74 Å². The summed E-state index contributed by atoms with van der Waals surface area (Å²) in [5, 5.41) is -0.184. The minimum Gasteiger partial charge on any atom is -0.495 e. The van der Waals surface area contributed by atoms with Gasteiger partial charge in [0.05, 0.1) is 24.8 Å². The molecule has 2 aromatic rings. The van der Waals surface area contributed by atoms with Gasteiger partial charge in [-0.1, -0.05) is 24.3 Å². The summed E-state index contributed by atoms with van der Waals surface area (Å²) in [6, 6.07) is 14.4. The molecule has 25 heavy (non-hydrogen) atoms. The number of nitrogens with zero attached hydrogens (tertiary/aromatic N) is 1. The summed E-state index contributed by atoms with van der Waals surface area (Å²) in [5.41, 5.74) is 2.13. The second-order valence-electron chi connectivity index (χ2n) is 5.60. The molecular formula is C17H18N2O4S2. The summed E-state index contributed by atoms with van der Waals surface area (Å²) in [7, 11) is -1.74. The topological polar surface area (TPSA) is 75.7 Å². The van der Waals surface area contributed by atoms with E-state index < -0.39 is 10.0 Å². The van der Waals surface area contributed by atoms with Crippen LogP contribution in [0, 0.1) is 0 Å². The van der Waals surface area contributed by atoms with Crippen molar-refractivity contribution < 1.29 is 17.9 Å². The Kier molecular flexibility index (Phi) is 4.91. The van der Waals surface area contributed by atoms with Gasteiger partial charge < -0.3 is 4.74 Å². The molecule has 2 aromatic carbocycles. The van der Waals surface area contributed by atoms with Gasteiger partial charge in [0.2, 0.25) is 15.9 Å². The van der Waals surface area contributed by atoms with Crippen molar-refractivity contribution >= 4 is 39.1 Å². The molecule has 1 heterocycles. The van der Waals surface area contributed by atoms with Crippen LogP contribution in [0.25, 0.3) is 0 Å². The molecule has 0 bridgehead atoms. The van der Waals surface area contributed by atoms with Crippen LogP contribution in [-0.4, -0.2) is 33.4 Å². The van der Waals surface area contributed by atoms with Crippen LogP contribution in [0.2, 0.25) is 0 Å². The van der Waals surface area contributed by atoms with Crippen LogP contribution in [0.1, 0.15) is 10.9 Å². The molecule has 1 aliphatic heterocycles. The molecule has 0 aliphatic carbocycles. The standard InChI is InChI=1S/C17H18N2O4S2/c1-23-15-6-4-3-5-14(15)19-16(20)11-24-17(19)12-7-9-13(10-8-12)18-25(2,21)22/h3-10,17-18H,11H2,1-2H3. The zero-order valence-electron chi connectivity index (χ0n) is 13.8. The third-order valence-electron chi connectivity index (χ3n) is 3.71. The highest BCUT2D eigenvalue weighted by Crippen LogP contribution is 2.44. The van der Waals surface area contributed by atoms with Crippen LogP contribution in [0.15, 0.2) is 48.5 Å². The van der Waals surface area contributed by atoms with Crippen molar-refractivity contribution in [2.24, 2.45) is 0 Å². The van der Waals surface area contributed by atoms with Gasteiger partial charge in [-0.3, -0.25) is 14.4 Å². The number of benzene rings is 2. The Morgan fingerprint density at radius 1 is 1.16 bits per heavy atom. The summed E-state index contributed by atoms with van der Waals surface area (Å²) < 4.78 is 30.4. The first-order valence-corrected chi connectivity index (χ1v) is 10.5. The Hall–Kier alpha value is -2.19. The Labute approximate surface area is 151 Å². The molecular weight excluding hydrogens is 360 g/mol. The van der Waals surface area contributed by atoms with Gasteiger partial charge in [0.25, 0.3) is 0 Å². The van der Waals surface area contributed by atoms with E-state index in [-0.39, 0.29) is 11.3 Å². The molecule has 8 heteroatoms. The molecule has 0 spiro atoms. The molecule has 0 saturated carbocycles. The maximum absolute atomic E-state index is 12.4. The number of para-hydroxylation sites is 2. The third kappa shape index (κ3) is 3.91. The average Bonchev–Trinajstić information content (AvgIpc) is 2.95. The number of carbonyl (C=O) groups is 1. The zero-order valence-corrected chi connectivity index (χ0v) is 15.4. The predicted octanol–water partition coefficient (Wildman–Crippen LogP) is 2.85. The smallest absolute Gasteiger partial charge is 0.238 e. The number of rotatable bonds is 5. The molecule has 1 aliphatic rings. The number of carbonyl (C=O) groups excluding carboxylic acids is 1. The number of amides is 1. The van der Waals surface area contributed by atoms with Crippen molar-refractivity contribution in [2.45, 2.75) is 5.37 Å². The van der Waals surface area contributed by atoms with E-state index in [1.54, 1.807) is 24.1 Å². The lowest BCUT2D eigenvalue weighted by molar-refractivity contribution is -0.115. The molecule has 6 nitrogen and oxygen atoms in total. The van der Waals surface area contributed by atoms with Crippen molar-refractivity contribution in [1.29, 1.82) is 0 Å². The molecule has 1 unspecified atom stereocenters. The minimum absolute atomic E-state index is 0.0119. The number of methoxy groups -OCH3 is 1. The Bertz CT molecular complexity index is 882. The fourth-order valence-electron chi connectivity index (χ4n) is 2.69. The van der Waals surface area contributed by atoms with Gasteiger partial charge >= 0.3 is 0 Å². The quantitative estimate of drug-likeness (QED) is 0.866. The fourth-order valence-corrected chi connectivity index (χ4v) is 4.42. The largest absolute Gasteiger partial charge is 0.495 e. The van der Waals surface area contributed by atoms with E-state index in [0.717, 1.165) is 17.5 Å². The van der Waals surface area contributed by atoms with Gasteiger partial charge in [-0.25, -0.2) is 8.42 Å². The normalized spacial score (nSPS) is 17.6. The number of sulfonamides is 1. The Morgan fingerprint density at radius 3 is 2.48 bits per heavy atom. The van der Waals surface area contributed by atoms with E-state index in [1.165, 1.54) is 11.8 Å². The maximum atomic E-state index is 12.4. The summed E-state index contributed by atoms with van der Waals surface area (Å²) >= 11 is 1.53. The molecule has 1 fully saturated rings. The molecule has 0 aromatic heterocycles. The van der Waals surface area contributed by atoms with E-state index in [0.29, 0.717) is 17.2 Å². The van der Waals surface area contributed by atoms with Gasteiger partial charge in [0.1, 0.15) is 11.1 Å². The average molecular weight is 378 g/mol. The monoisotopic (exact) mass is 378 g/mol. The van der Waals surface area contributed by atoms with E-state index in [9.17, 15) is 13.2 Å². The molecule has 1 saturated heterocycles. The highest BCUT2D eigenvalue weighted by Gasteiger charge is 2.35. The van der Waals surface area contributed by atoms with Crippen molar-refractivity contribution in [3.63, 3.8) is 0 Å². The third-order valence-corrected chi connectivity index (χ3v) is 5.53. The summed E-state index contributed by atoms with van der Waals surface area (Å²) in [5.74, 6) is 1.03. The van der Waals surface area contributed by atoms with Gasteiger partial charge in [-0.2, -0.15) is 0 Å². The highest BCUT2D eigenvalue weighted by molar-refractivity contribution is 8.00. The van der Waals surface area contributed by atoms with Crippen LogP contribution in [0.4, 0.5) is 11.4 Å². The van der Waals surface area contributed by atoms with Crippen LogP contribution in [-0.2, 0) is 14.8 Å². The summed E-state index contributed by atoms with van der Waals surface area (Å²) in [6.45, 7) is 0. The maximum Gasteiger partial charge on any atom is 0.238 e. The molecule has 1 atom stereocenters. The Balaban J connectivity index is 1.92. The van der Waals surface area contributed by atoms with Crippen molar-refractivity contribution in [3.05, 3.63) is 54.1 Å². The van der Waals surface area contributed by atoms with Crippen molar-refractivity contribution in [1.82, 2.24) is 0 Å². The second-order valence-corrected chi connectivity index (χ2v) is 8.41. The van der Waals surface area contributed by atoms with Crippen LogP contribution >= 0.6 is 11.8 Å². The number of anilines is 2. The lowest BCUT2D eigenvalue weighted by Crippen LogP contribution is -2.28. The number of hydrogen-bond acceptors (Lipinski definition) is 5. The van der Waals surface area contributed by atoms with Crippen LogP contribution in [0.3, 0.4) is 0 Å². The van der Waals surface area contributed by atoms with Gasteiger partial charge in [0.15, 0.2) is 0 Å². The Morgan fingerprint density at radius 2 is 1.84 bits per heavy atom. The lowest BCUT2D eigenvalue weighted by atomic mass is 10.1. The van der Waals surface area contributed by atoms with Crippen molar-refractivity contribution in [2.75, 3.05) is 28.7 Å². The van der Waals surface area contributed by atoms with Gasteiger partial charge in [0, 0.05) is 5.69 Å². The van der Waals surface area contributed by atoms with Crippen LogP contribution in [0.5, 0.6) is 5.75 Å². The van der Waals surface area contributed by atoms with E-state index in [2.05, 4.69) is 4.72 Å². The fraction of sp³-hybridized carbons (Fsp3) is 0.235. The molecule has 1 amide bonds. The number of thioether (sulfide) groups is 1. The van der Waals surface area contributed by atoms with Gasteiger partial charge in [-0.15, -0.1) is 11.8 Å². The number of hydrogen-bond donors (Lipinski definition) is 1. The molecule has 132 valence electrons. The number of ether oxygens (including phenoxy) is 1. The first-order chi connectivity index (χ1) is 11.9. The van der Waals surface area contributed by atoms with E-state index >= 15 is 0 Å². The SMILES string of the molecule is COc1ccccc1N1C(=O)CSC1c1ccc(NS(C)(=O)=O)cc1. The highest BCUT2D eigenvalue weighted by atomic mass is 32.2. The van der Waals surface area contributed by atoms with Gasteiger partial charge in [-0.05, 0) is 29.8 Å². The first kappa shape index (κ1) is 17.6. The summed E-state index contributed by atoms with van der Waals surface area (Å²) in [4.78, 5) is 14.2. The first-order valence-electron chi connectivity index (χ1n) is 7.53. The minimum atomic E-state index is -3.32. The lowest BCUT2D eigenvalue weighted by Gasteiger charge is -2.26. The molecule has 1 N–H and O–H groups in total. The molecule has 0 radical (unpaired) electrons. The predicted molar refractivity (Wildman–Crippen MR) is 101 cm³/mol. The number of nitrogens with one attached hydrogen (secondary N) is 1. The summed E-state index contributed by atoms with van der Waals surface area (Å²) in [6.07, 6.45) is 1.11. The van der Waals surface area contributed by atoms with E-state index in [1.807, 2.05) is 36.4 Å². The molecule has 3 rings (SSSR count). The second kappa shape index (κ2) is 6.97. The zero-order chi connectivity index (χ0) is 18.0. The van der Waals surface area contributed by atoms with Crippen LogP contribution < -0.4 is 14.4 Å².